The molecule has 0 bridgehead atoms. The van der Waals surface area contributed by atoms with E-state index in [-0.39, 0.29) is 155 Å². The van der Waals surface area contributed by atoms with Gasteiger partial charge in [0.15, 0.2) is 0 Å². The minimum atomic E-state index is 0. The van der Waals surface area contributed by atoms with Crippen molar-refractivity contribution >= 4 is 155 Å². The Labute approximate surface area is 151 Å². The fourth-order valence-electron chi connectivity index (χ4n) is 0. The van der Waals surface area contributed by atoms with Gasteiger partial charge in [-0.25, -0.2) is 0 Å². The van der Waals surface area contributed by atoms with E-state index < -0.39 is 0 Å². The standard InChI is InChI=1S/6HI.H4Si/h6*1H;1H4. The van der Waals surface area contributed by atoms with Gasteiger partial charge >= 0.3 is 0 Å². The first-order chi connectivity index (χ1) is 0. The normalized spacial score (nSPS) is 0. The van der Waals surface area contributed by atoms with Gasteiger partial charge in [0.05, 0.1) is 0 Å². The molecule has 0 spiro atoms. The average Bonchev–Trinajstić information content (AvgIpc) is 0. The lowest BCUT2D eigenvalue weighted by molar-refractivity contribution is 5.75. The summed E-state index contributed by atoms with van der Waals surface area (Å²) in [5, 5.41) is 0. The van der Waals surface area contributed by atoms with Crippen LogP contribution in [-0.4, -0.2) is 11.0 Å². The molecule has 7 heavy (non-hydrogen) atoms. The predicted molar refractivity (Wildman–Crippen MR) is 104 cm³/mol. The van der Waals surface area contributed by atoms with Crippen LogP contribution in [0, 0.1) is 0 Å². The zero-order valence-electron chi connectivity index (χ0n) is 2.45. The number of rotatable bonds is 0. The van der Waals surface area contributed by atoms with E-state index in [2.05, 4.69) is 0 Å². The van der Waals surface area contributed by atoms with Crippen LogP contribution in [0.15, 0.2) is 0 Å². The summed E-state index contributed by atoms with van der Waals surface area (Å²) >= 11 is 0. The highest BCUT2D eigenvalue weighted by Gasteiger charge is -0.0148. The van der Waals surface area contributed by atoms with Crippen molar-refractivity contribution in [2.24, 2.45) is 0 Å². The molecule has 7 heteroatoms. The van der Waals surface area contributed by atoms with Crippen LogP contribution in [0.3, 0.4) is 0 Å². The summed E-state index contributed by atoms with van der Waals surface area (Å²) in [7, 11) is 0. The molecule has 0 aliphatic carbocycles. The Kier molecular flexibility index (Phi) is 407. The van der Waals surface area contributed by atoms with Crippen molar-refractivity contribution in [3.05, 3.63) is 0 Å². The van der Waals surface area contributed by atoms with Crippen LogP contribution in [-0.2, 0) is 0 Å². The van der Waals surface area contributed by atoms with Crippen molar-refractivity contribution in [3.63, 3.8) is 0 Å². The van der Waals surface area contributed by atoms with Gasteiger partial charge in [0, 0.05) is 0 Å². The van der Waals surface area contributed by atoms with Crippen molar-refractivity contribution in [1.82, 2.24) is 0 Å². The van der Waals surface area contributed by atoms with Gasteiger partial charge in [-0.3, -0.25) is 0 Å². The lowest BCUT2D eigenvalue weighted by Gasteiger charge is -0.108. The Morgan fingerprint density at radius 2 is 0.286 bits per heavy atom. The molecule has 0 saturated carbocycles. The van der Waals surface area contributed by atoms with Gasteiger partial charge < -0.3 is 0 Å². The van der Waals surface area contributed by atoms with Gasteiger partial charge in [-0.05, 0) is 11.0 Å². The van der Waals surface area contributed by atoms with E-state index in [4.69, 9.17) is 0 Å². The van der Waals surface area contributed by atoms with Crippen LogP contribution < -0.4 is 0 Å². The van der Waals surface area contributed by atoms with Crippen LogP contribution in [0.4, 0.5) is 0 Å². The molecule has 0 amide bonds. The Morgan fingerprint density at radius 1 is 0.286 bits per heavy atom. The van der Waals surface area contributed by atoms with E-state index in [0.29, 0.717) is 0 Å². The highest BCUT2D eigenvalue weighted by Crippen LogP contribution is 0.891. The molecule has 0 aliphatic rings. The van der Waals surface area contributed by atoms with E-state index >= 15 is 0 Å². The smallest absolute Gasteiger partial charge is 0.0149 e. The minimum Gasteiger partial charge on any atom is -0.107 e. The second-order valence-corrected chi connectivity index (χ2v) is 0. The van der Waals surface area contributed by atoms with Crippen molar-refractivity contribution in [2.45, 2.75) is 0 Å². The molecule has 0 N–H and O–H groups in total. The molecule has 0 heterocycles. The molecule has 0 aromatic heterocycles. The fourth-order valence-corrected chi connectivity index (χ4v) is 0. The first-order valence-corrected chi connectivity index (χ1v) is 0. The molecular formula is H10I6Si. The molecule has 0 saturated heterocycles. The zero-order chi connectivity index (χ0) is 0. The van der Waals surface area contributed by atoms with E-state index in [0.717, 1.165) is 0 Å². The topological polar surface area (TPSA) is 0 Å². The fraction of sp³-hybridized carbons (Fsp3) is 0. The summed E-state index contributed by atoms with van der Waals surface area (Å²) < 4.78 is 0. The molecule has 0 atom stereocenters. The van der Waals surface area contributed by atoms with Crippen molar-refractivity contribution in [1.29, 1.82) is 0 Å². The Morgan fingerprint density at radius 3 is 0.286 bits per heavy atom. The largest absolute Gasteiger partial charge is 0.107 e. The summed E-state index contributed by atoms with van der Waals surface area (Å²) in [6.45, 7) is 0. The molecule has 56 valence electrons. The first-order valence-electron chi connectivity index (χ1n) is 0. The van der Waals surface area contributed by atoms with Crippen molar-refractivity contribution in [2.75, 3.05) is 0 Å². The summed E-state index contributed by atoms with van der Waals surface area (Å²) in [5.74, 6) is 0. The van der Waals surface area contributed by atoms with Crippen molar-refractivity contribution < 1.29 is 0 Å². The molecule has 0 unspecified atom stereocenters. The minimum absolute atomic E-state index is 0. The molecule has 0 aliphatic heterocycles. The second kappa shape index (κ2) is 46.2. The van der Waals surface area contributed by atoms with Crippen LogP contribution in [0.1, 0.15) is 0 Å². The van der Waals surface area contributed by atoms with Crippen LogP contribution in [0.5, 0.6) is 0 Å². The van der Waals surface area contributed by atoms with E-state index in [1.807, 2.05) is 0 Å². The predicted octanol–water partition coefficient (Wildman–Crippen LogP) is 2.26. The van der Waals surface area contributed by atoms with Gasteiger partial charge in [0.1, 0.15) is 0 Å². The van der Waals surface area contributed by atoms with Gasteiger partial charge in [0.25, 0.3) is 0 Å². The van der Waals surface area contributed by atoms with E-state index in [1.54, 1.807) is 0 Å². The Hall–Kier alpha value is 4.60. The Bertz CT molecular complexity index is 4.14. The summed E-state index contributed by atoms with van der Waals surface area (Å²) in [5.41, 5.74) is 0. The summed E-state index contributed by atoms with van der Waals surface area (Å²) in [6, 6.07) is 0. The maximum Gasteiger partial charge on any atom is -0.0149 e. The molecule has 0 aromatic carbocycles. The third kappa shape index (κ3) is 37.1. The van der Waals surface area contributed by atoms with E-state index in [1.165, 1.54) is 0 Å². The number of hydrogen-bond donors (Lipinski definition) is 0. The molecule has 0 radical (unpaired) electrons. The summed E-state index contributed by atoms with van der Waals surface area (Å²) in [4.78, 5) is 0. The maximum atomic E-state index is 0. The first kappa shape index (κ1) is 61.6. The maximum absolute atomic E-state index is 0. The highest BCUT2D eigenvalue weighted by molar-refractivity contribution is 14.0. The van der Waals surface area contributed by atoms with Gasteiger partial charge in [-0.1, -0.05) is 0 Å². The van der Waals surface area contributed by atoms with Crippen molar-refractivity contribution in [3.8, 4) is 0 Å². The van der Waals surface area contributed by atoms with Gasteiger partial charge in [-0.15, -0.1) is 144 Å². The monoisotopic (exact) mass is 799 g/mol. The lowest BCUT2D eigenvalue weighted by Crippen LogP contribution is -0.381. The van der Waals surface area contributed by atoms with Crippen LogP contribution in [0.2, 0.25) is 0 Å². The lowest BCUT2D eigenvalue weighted by atomic mass is 28.1. The summed E-state index contributed by atoms with van der Waals surface area (Å²) in [6.07, 6.45) is 0. The Balaban J connectivity index is 0. The number of halogens is 6. The molecule has 0 fully saturated rings. The molecule has 0 rings (SSSR count). The zero-order valence-corrected chi connectivity index (χ0v) is 16.4. The average molecular weight is 800 g/mol. The van der Waals surface area contributed by atoms with Crippen LogP contribution >= 0.6 is 144 Å². The second-order valence-electron chi connectivity index (χ2n) is 0. The SMILES string of the molecule is I.I.I.I.I.I.[SiH4]. The molecule has 0 aromatic rings. The highest BCUT2D eigenvalue weighted by atomic mass is 127. The van der Waals surface area contributed by atoms with Crippen LogP contribution in [0.25, 0.3) is 0 Å². The molecular weight excluding hydrogens is 790 g/mol. The third-order valence-corrected chi connectivity index (χ3v) is 0. The third-order valence-electron chi connectivity index (χ3n) is 0. The van der Waals surface area contributed by atoms with Gasteiger partial charge in [0.2, 0.25) is 0 Å². The van der Waals surface area contributed by atoms with Gasteiger partial charge in [-0.2, -0.15) is 0 Å². The van der Waals surface area contributed by atoms with E-state index in [9.17, 15) is 0 Å². The molecule has 0 nitrogen and oxygen atoms in total. The number of hydrogen-bond acceptors (Lipinski definition) is 0. The quantitative estimate of drug-likeness (QED) is 0.261.